The van der Waals surface area contributed by atoms with Gasteiger partial charge in [-0.15, -0.1) is 0 Å². The molecule has 1 fully saturated rings. The smallest absolute Gasteiger partial charge is 0.416 e. The largest absolute Gasteiger partial charge is 0.481 e. The molecule has 0 bridgehead atoms. The third-order valence-electron chi connectivity index (χ3n) is 4.28. The summed E-state index contributed by atoms with van der Waals surface area (Å²) in [5.74, 6) is -2.50. The van der Waals surface area contributed by atoms with Crippen molar-refractivity contribution in [1.29, 1.82) is 0 Å². The van der Waals surface area contributed by atoms with Crippen LogP contribution in [0.2, 0.25) is 0 Å². The molecule has 3 unspecified atom stereocenters. The molecule has 7 heteroatoms. The maximum absolute atomic E-state index is 12.7. The van der Waals surface area contributed by atoms with Gasteiger partial charge >= 0.3 is 12.1 Å². The van der Waals surface area contributed by atoms with E-state index < -0.39 is 23.6 Å². The van der Waals surface area contributed by atoms with Gasteiger partial charge in [-0.1, -0.05) is 31.5 Å². The minimum absolute atomic E-state index is 0.0494. The fourth-order valence-electron chi connectivity index (χ4n) is 2.81. The quantitative estimate of drug-likeness (QED) is 0.797. The van der Waals surface area contributed by atoms with Crippen LogP contribution < -0.4 is 5.32 Å². The Balaban J connectivity index is 1.93. The number of nitrogens with one attached hydrogen (secondary N) is 1. The first-order valence-electron chi connectivity index (χ1n) is 7.91. The van der Waals surface area contributed by atoms with Gasteiger partial charge in [0.1, 0.15) is 0 Å². The molecule has 2 N–H and O–H groups in total. The summed E-state index contributed by atoms with van der Waals surface area (Å²) < 4.78 is 38.2. The molecule has 24 heavy (non-hydrogen) atoms. The van der Waals surface area contributed by atoms with Crippen LogP contribution in [0.3, 0.4) is 0 Å². The molecule has 0 heterocycles. The standard InChI is InChI=1S/C17H20F3NO3/c1-2-4-11(16(23)24)9-21-15(22)14-8-13(14)10-5-3-6-12(7-10)17(18,19)20/h3,5-7,11,13-14H,2,4,8-9H2,1H3,(H,21,22)(H,23,24). The van der Waals surface area contributed by atoms with E-state index in [0.29, 0.717) is 24.8 Å². The second-order valence-electron chi connectivity index (χ2n) is 6.14. The van der Waals surface area contributed by atoms with Gasteiger partial charge in [-0.3, -0.25) is 9.59 Å². The number of aliphatic carboxylic acids is 1. The highest BCUT2D eigenvalue weighted by Gasteiger charge is 2.44. The summed E-state index contributed by atoms with van der Waals surface area (Å²) in [6, 6.07) is 5.01. The molecule has 0 aromatic heterocycles. The predicted molar refractivity (Wildman–Crippen MR) is 81.3 cm³/mol. The van der Waals surface area contributed by atoms with Crippen LogP contribution in [0.4, 0.5) is 13.2 Å². The average Bonchev–Trinajstić information content (AvgIpc) is 3.31. The van der Waals surface area contributed by atoms with Crippen LogP contribution in [0.5, 0.6) is 0 Å². The lowest BCUT2D eigenvalue weighted by Crippen LogP contribution is -2.34. The van der Waals surface area contributed by atoms with Crippen LogP contribution in [-0.2, 0) is 15.8 Å². The molecule has 1 saturated carbocycles. The second-order valence-corrected chi connectivity index (χ2v) is 6.14. The molecule has 4 nitrogen and oxygen atoms in total. The Morgan fingerprint density at radius 3 is 2.67 bits per heavy atom. The molecular formula is C17H20F3NO3. The molecule has 2 rings (SSSR count). The van der Waals surface area contributed by atoms with Crippen LogP contribution in [0.1, 0.15) is 43.2 Å². The lowest BCUT2D eigenvalue weighted by molar-refractivity contribution is -0.142. The number of carbonyl (C=O) groups is 2. The Morgan fingerprint density at radius 2 is 2.08 bits per heavy atom. The first kappa shape index (κ1) is 18.3. The van der Waals surface area contributed by atoms with E-state index in [1.165, 1.54) is 6.07 Å². The minimum atomic E-state index is -4.41. The molecular weight excluding hydrogens is 323 g/mol. The third-order valence-corrected chi connectivity index (χ3v) is 4.28. The van der Waals surface area contributed by atoms with Gasteiger partial charge in [0.25, 0.3) is 0 Å². The highest BCUT2D eigenvalue weighted by Crippen LogP contribution is 2.48. The highest BCUT2D eigenvalue weighted by molar-refractivity contribution is 5.83. The number of alkyl halides is 3. The molecule has 0 radical (unpaired) electrons. The summed E-state index contributed by atoms with van der Waals surface area (Å²) in [6.07, 6.45) is -2.75. The van der Waals surface area contributed by atoms with Crippen molar-refractivity contribution in [3.8, 4) is 0 Å². The fraction of sp³-hybridized carbons (Fsp3) is 0.529. The number of benzene rings is 1. The molecule has 1 amide bonds. The van der Waals surface area contributed by atoms with E-state index >= 15 is 0 Å². The number of carbonyl (C=O) groups excluding carboxylic acids is 1. The number of hydrogen-bond donors (Lipinski definition) is 2. The summed E-state index contributed by atoms with van der Waals surface area (Å²) in [7, 11) is 0. The van der Waals surface area contributed by atoms with E-state index in [2.05, 4.69) is 5.32 Å². The van der Waals surface area contributed by atoms with Crippen LogP contribution in [-0.4, -0.2) is 23.5 Å². The van der Waals surface area contributed by atoms with E-state index in [4.69, 9.17) is 5.11 Å². The fourth-order valence-corrected chi connectivity index (χ4v) is 2.81. The normalized spacial score (nSPS) is 21.2. The molecule has 1 aromatic carbocycles. The monoisotopic (exact) mass is 343 g/mol. The van der Waals surface area contributed by atoms with Gasteiger partial charge in [-0.25, -0.2) is 0 Å². The molecule has 0 aliphatic heterocycles. The zero-order chi connectivity index (χ0) is 17.9. The Labute approximate surface area is 138 Å². The number of hydrogen-bond acceptors (Lipinski definition) is 2. The van der Waals surface area contributed by atoms with E-state index in [1.54, 1.807) is 6.07 Å². The first-order chi connectivity index (χ1) is 11.2. The number of carboxylic acid groups (broad SMARTS) is 1. The maximum Gasteiger partial charge on any atom is 0.416 e. The van der Waals surface area contributed by atoms with E-state index in [-0.39, 0.29) is 24.3 Å². The van der Waals surface area contributed by atoms with Crippen molar-refractivity contribution in [2.45, 2.75) is 38.3 Å². The van der Waals surface area contributed by atoms with Crippen LogP contribution in [0.15, 0.2) is 24.3 Å². The number of rotatable bonds is 7. The Morgan fingerprint density at radius 1 is 1.38 bits per heavy atom. The van der Waals surface area contributed by atoms with Crippen LogP contribution in [0, 0.1) is 11.8 Å². The van der Waals surface area contributed by atoms with E-state index in [9.17, 15) is 22.8 Å². The van der Waals surface area contributed by atoms with Crippen molar-refractivity contribution in [3.63, 3.8) is 0 Å². The SMILES string of the molecule is CCCC(CNC(=O)C1CC1c1cccc(C(F)(F)F)c1)C(=O)O. The topological polar surface area (TPSA) is 66.4 Å². The van der Waals surface area contributed by atoms with Gasteiger partial charge in [-0.05, 0) is 30.4 Å². The lowest BCUT2D eigenvalue weighted by atomic mass is 10.0. The van der Waals surface area contributed by atoms with Crippen molar-refractivity contribution >= 4 is 11.9 Å². The van der Waals surface area contributed by atoms with E-state index in [1.807, 2.05) is 6.92 Å². The lowest BCUT2D eigenvalue weighted by Gasteiger charge is -2.12. The van der Waals surface area contributed by atoms with Crippen LogP contribution >= 0.6 is 0 Å². The zero-order valence-electron chi connectivity index (χ0n) is 13.3. The molecule has 1 aliphatic carbocycles. The van der Waals surface area contributed by atoms with Crippen molar-refractivity contribution in [2.24, 2.45) is 11.8 Å². The van der Waals surface area contributed by atoms with Crippen molar-refractivity contribution in [3.05, 3.63) is 35.4 Å². The number of carboxylic acids is 1. The Hall–Kier alpha value is -2.05. The van der Waals surface area contributed by atoms with Gasteiger partial charge in [-0.2, -0.15) is 13.2 Å². The van der Waals surface area contributed by atoms with Crippen LogP contribution in [0.25, 0.3) is 0 Å². The Bertz CT molecular complexity index is 615. The minimum Gasteiger partial charge on any atom is -0.481 e. The Kier molecular flexibility index (Phi) is 5.51. The van der Waals surface area contributed by atoms with Crippen molar-refractivity contribution < 1.29 is 27.9 Å². The van der Waals surface area contributed by atoms with Gasteiger partial charge in [0.15, 0.2) is 0 Å². The van der Waals surface area contributed by atoms with Gasteiger partial charge in [0.2, 0.25) is 5.91 Å². The molecule has 3 atom stereocenters. The predicted octanol–water partition coefficient (Wildman–Crippen LogP) is 3.43. The van der Waals surface area contributed by atoms with Crippen molar-refractivity contribution in [2.75, 3.05) is 6.54 Å². The molecule has 1 aliphatic rings. The molecule has 132 valence electrons. The highest BCUT2D eigenvalue weighted by atomic mass is 19.4. The third kappa shape index (κ3) is 4.49. The molecule has 0 saturated heterocycles. The first-order valence-corrected chi connectivity index (χ1v) is 7.91. The summed E-state index contributed by atoms with van der Waals surface area (Å²) in [6.45, 7) is 1.91. The van der Waals surface area contributed by atoms with Gasteiger partial charge in [0.05, 0.1) is 11.5 Å². The zero-order valence-corrected chi connectivity index (χ0v) is 13.3. The van der Waals surface area contributed by atoms with Gasteiger partial charge in [0, 0.05) is 12.5 Å². The maximum atomic E-state index is 12.7. The average molecular weight is 343 g/mol. The summed E-state index contributed by atoms with van der Waals surface area (Å²) in [5, 5.41) is 11.7. The van der Waals surface area contributed by atoms with E-state index in [0.717, 1.165) is 12.1 Å². The summed E-state index contributed by atoms with van der Waals surface area (Å²) >= 11 is 0. The summed E-state index contributed by atoms with van der Waals surface area (Å²) in [5.41, 5.74) is -0.228. The van der Waals surface area contributed by atoms with Crippen molar-refractivity contribution in [1.82, 2.24) is 5.32 Å². The molecule has 1 aromatic rings. The van der Waals surface area contributed by atoms with Gasteiger partial charge < -0.3 is 10.4 Å². The summed E-state index contributed by atoms with van der Waals surface area (Å²) in [4.78, 5) is 23.1. The molecule has 0 spiro atoms. The second kappa shape index (κ2) is 7.23. The number of amides is 1. The number of halogens is 3.